The molecule has 0 atom stereocenters. The number of aromatic nitrogens is 2. The Kier molecular flexibility index (Phi) is 27.4. The zero-order valence-corrected chi connectivity index (χ0v) is 53.3. The lowest BCUT2D eigenvalue weighted by molar-refractivity contribution is 1.20. The van der Waals surface area contributed by atoms with Crippen molar-refractivity contribution in [2.45, 2.75) is 83.1 Å². The van der Waals surface area contributed by atoms with E-state index < -0.39 is 0 Å². The van der Waals surface area contributed by atoms with Crippen molar-refractivity contribution in [3.05, 3.63) is 310 Å². The zero-order valence-electron chi connectivity index (χ0n) is 53.3. The Morgan fingerprint density at radius 1 is 0.172 bits per heavy atom. The van der Waals surface area contributed by atoms with Gasteiger partial charge in [-0.15, -0.1) is 0 Å². The van der Waals surface area contributed by atoms with Gasteiger partial charge < -0.3 is 4.90 Å². The van der Waals surface area contributed by atoms with E-state index in [4.69, 9.17) is 0 Å². The summed E-state index contributed by atoms with van der Waals surface area (Å²) in [4.78, 5) is 9.69. The molecule has 3 nitrogen and oxygen atoms in total. The highest BCUT2D eigenvalue weighted by atomic mass is 15.1. The maximum absolute atomic E-state index is 3.72. The molecule has 16 aromatic rings. The standard InChI is InChI=1S/C20H12.C18H15N.C16H10.C14H10.C4H4N2.6C2H6/c1-5-13-6-2-11-17-18-12-4-8-14-7-3-10-16(20(14)18)15(9-1)19(13)17;1-4-10-16(11-5-1)19(17-12-6-2-7-13-17)18-14-8-3-9-15-18;1-3-11-7-9-13-5-2-6-14-10-8-12(4-1)15(11)16(13)14;1-3-7-13-11(5-1)9-10-12-6-2-4-8-14(12)13;1-2-6-4-3-5-1;6*1-2/h1-12H;1-15H;1-10H;1-10H;1-4H;6*1-2H3. The van der Waals surface area contributed by atoms with E-state index >= 15 is 0 Å². The van der Waals surface area contributed by atoms with Gasteiger partial charge in [-0.2, -0.15) is 0 Å². The van der Waals surface area contributed by atoms with Crippen molar-refractivity contribution in [2.75, 3.05) is 4.90 Å². The summed E-state index contributed by atoms with van der Waals surface area (Å²) in [5.41, 5.74) is 3.50. The summed E-state index contributed by atoms with van der Waals surface area (Å²) in [6.45, 7) is 24.0. The predicted molar refractivity (Wildman–Crippen MR) is 390 cm³/mol. The summed E-state index contributed by atoms with van der Waals surface area (Å²) in [5, 5.41) is 24.3. The Morgan fingerprint density at radius 3 is 0.632 bits per heavy atom. The van der Waals surface area contributed by atoms with E-state index in [0.717, 1.165) is 0 Å². The molecule has 0 radical (unpaired) electrons. The Bertz CT molecular complexity index is 3990. The molecule has 1 aromatic heterocycles. The molecule has 0 saturated heterocycles. The number of fused-ring (bicyclic) bond motifs is 5. The van der Waals surface area contributed by atoms with Gasteiger partial charge in [-0.05, 0) is 133 Å². The van der Waals surface area contributed by atoms with E-state index in [-0.39, 0.29) is 0 Å². The Balaban J connectivity index is 0.000000171. The van der Waals surface area contributed by atoms with Crippen LogP contribution in [0.4, 0.5) is 17.1 Å². The van der Waals surface area contributed by atoms with Crippen molar-refractivity contribution in [1.29, 1.82) is 0 Å². The van der Waals surface area contributed by atoms with Crippen LogP contribution in [0.2, 0.25) is 0 Å². The van der Waals surface area contributed by atoms with Crippen LogP contribution in [0.25, 0.3) is 97.0 Å². The number of nitrogens with zero attached hydrogens (tertiary/aromatic N) is 3. The van der Waals surface area contributed by atoms with Crippen molar-refractivity contribution < 1.29 is 0 Å². The van der Waals surface area contributed by atoms with E-state index in [9.17, 15) is 0 Å². The molecule has 1 heterocycles. The molecule has 3 heteroatoms. The van der Waals surface area contributed by atoms with Crippen LogP contribution in [0, 0.1) is 0 Å². The molecular formula is C84H87N3. The third kappa shape index (κ3) is 16.1. The molecule has 0 aliphatic rings. The highest BCUT2D eigenvalue weighted by Crippen LogP contribution is 2.40. The molecule has 438 valence electrons. The van der Waals surface area contributed by atoms with Crippen LogP contribution in [0.3, 0.4) is 0 Å². The van der Waals surface area contributed by atoms with Gasteiger partial charge in [0, 0.05) is 41.8 Å². The molecule has 0 unspecified atom stereocenters. The van der Waals surface area contributed by atoms with Crippen molar-refractivity contribution in [3.8, 4) is 0 Å². The van der Waals surface area contributed by atoms with Crippen LogP contribution in [0.1, 0.15) is 83.1 Å². The maximum Gasteiger partial charge on any atom is 0.0461 e. The van der Waals surface area contributed by atoms with Crippen molar-refractivity contribution in [2.24, 2.45) is 0 Å². The van der Waals surface area contributed by atoms with Crippen LogP contribution in [0.15, 0.2) is 310 Å². The maximum atomic E-state index is 3.72. The number of hydrogen-bond donors (Lipinski definition) is 0. The SMILES string of the molecule is CC.CC.CC.CC.CC.CC.c1cc2ccc3cccc4ccc(c1)c2c34.c1cc2cccc3c4cccc5cccc(c(c1)c23)c54.c1ccc(N(c2ccccc2)c2ccccc2)cc1.c1ccc2c(c1)ccc1ccccc12.c1cnccn1. The monoisotopic (exact) mass is 1140 g/mol. The van der Waals surface area contributed by atoms with Crippen LogP contribution in [0.5, 0.6) is 0 Å². The Morgan fingerprint density at radius 2 is 0.368 bits per heavy atom. The fourth-order valence-electron chi connectivity index (χ4n) is 10.6. The quantitative estimate of drug-likeness (QED) is 0.130. The minimum Gasteiger partial charge on any atom is -0.311 e. The number of hydrogen-bond acceptors (Lipinski definition) is 3. The average Bonchev–Trinajstić information content (AvgIpc) is 1.06. The lowest BCUT2D eigenvalue weighted by Crippen LogP contribution is -2.09. The van der Waals surface area contributed by atoms with Gasteiger partial charge in [-0.3, -0.25) is 9.97 Å². The second kappa shape index (κ2) is 36.0. The molecule has 0 fully saturated rings. The van der Waals surface area contributed by atoms with Gasteiger partial charge in [-0.1, -0.05) is 332 Å². The van der Waals surface area contributed by atoms with E-state index in [2.05, 4.69) is 282 Å². The van der Waals surface area contributed by atoms with E-state index in [1.165, 1.54) is 114 Å². The van der Waals surface area contributed by atoms with Crippen LogP contribution >= 0.6 is 0 Å². The Hall–Kier alpha value is -9.96. The van der Waals surface area contributed by atoms with Gasteiger partial charge in [0.1, 0.15) is 0 Å². The second-order valence-corrected chi connectivity index (χ2v) is 18.5. The van der Waals surface area contributed by atoms with Gasteiger partial charge in [0.2, 0.25) is 0 Å². The predicted octanol–water partition coefficient (Wildman–Crippen LogP) is 26.1. The molecule has 15 aromatic carbocycles. The number of benzene rings is 15. The van der Waals surface area contributed by atoms with Crippen molar-refractivity contribution >= 4 is 114 Å². The highest BCUT2D eigenvalue weighted by Gasteiger charge is 2.13. The summed E-state index contributed by atoms with van der Waals surface area (Å²) >= 11 is 0. The zero-order chi connectivity index (χ0) is 62.2. The van der Waals surface area contributed by atoms with Gasteiger partial charge >= 0.3 is 0 Å². The number of anilines is 3. The van der Waals surface area contributed by atoms with E-state index in [1.54, 1.807) is 24.8 Å². The largest absolute Gasteiger partial charge is 0.311 e. The summed E-state index contributed by atoms with van der Waals surface area (Å²) in [5.74, 6) is 0. The lowest BCUT2D eigenvalue weighted by Gasteiger charge is -2.25. The first kappa shape index (κ1) is 66.2. The molecule has 0 saturated carbocycles. The van der Waals surface area contributed by atoms with Gasteiger partial charge in [-0.25, -0.2) is 0 Å². The fourth-order valence-corrected chi connectivity index (χ4v) is 10.6. The first-order valence-electron chi connectivity index (χ1n) is 31.5. The highest BCUT2D eigenvalue weighted by molar-refractivity contribution is 6.32. The van der Waals surface area contributed by atoms with Gasteiger partial charge in [0.25, 0.3) is 0 Å². The number of rotatable bonds is 3. The molecule has 16 rings (SSSR count). The van der Waals surface area contributed by atoms with Crippen molar-refractivity contribution in [1.82, 2.24) is 9.97 Å². The smallest absolute Gasteiger partial charge is 0.0461 e. The molecule has 0 aliphatic heterocycles. The molecule has 0 amide bonds. The topological polar surface area (TPSA) is 29.0 Å². The van der Waals surface area contributed by atoms with Crippen LogP contribution in [-0.2, 0) is 0 Å². The first-order chi connectivity index (χ1) is 43.3. The average molecular weight is 1140 g/mol. The second-order valence-electron chi connectivity index (χ2n) is 18.5. The first-order valence-corrected chi connectivity index (χ1v) is 31.5. The molecule has 0 N–H and O–H groups in total. The van der Waals surface area contributed by atoms with Crippen LogP contribution in [-0.4, -0.2) is 9.97 Å². The van der Waals surface area contributed by atoms with E-state index in [1.807, 2.05) is 101 Å². The number of para-hydroxylation sites is 3. The van der Waals surface area contributed by atoms with Crippen LogP contribution < -0.4 is 4.90 Å². The normalized spacial score (nSPS) is 9.84. The lowest BCUT2D eigenvalue weighted by atomic mass is 9.90. The molecule has 87 heavy (non-hydrogen) atoms. The summed E-state index contributed by atoms with van der Waals surface area (Å²) in [6.07, 6.45) is 6.56. The summed E-state index contributed by atoms with van der Waals surface area (Å²) in [6, 6.07) is 101. The molecular weight excluding hydrogens is 1050 g/mol. The van der Waals surface area contributed by atoms with Gasteiger partial charge in [0.15, 0.2) is 0 Å². The summed E-state index contributed by atoms with van der Waals surface area (Å²) in [7, 11) is 0. The Labute approximate surface area is 519 Å². The fraction of sp³-hybridized carbons (Fsp3) is 0.143. The molecule has 0 spiro atoms. The minimum absolute atomic E-state index is 1.17. The van der Waals surface area contributed by atoms with Crippen molar-refractivity contribution in [3.63, 3.8) is 0 Å². The third-order valence-corrected chi connectivity index (χ3v) is 14.0. The van der Waals surface area contributed by atoms with Gasteiger partial charge in [0.05, 0.1) is 0 Å². The van der Waals surface area contributed by atoms with E-state index in [0.29, 0.717) is 0 Å². The minimum atomic E-state index is 1.17. The summed E-state index contributed by atoms with van der Waals surface area (Å²) < 4.78 is 0. The molecule has 0 bridgehead atoms. The third-order valence-electron chi connectivity index (χ3n) is 14.0. The molecule has 0 aliphatic carbocycles.